The van der Waals surface area contributed by atoms with Gasteiger partial charge in [-0.15, -0.1) is 0 Å². The van der Waals surface area contributed by atoms with Gasteiger partial charge in [0.1, 0.15) is 0 Å². The number of aliphatic carboxylic acids is 8. The summed E-state index contributed by atoms with van der Waals surface area (Å²) in [7, 11) is 0. The van der Waals surface area contributed by atoms with Gasteiger partial charge >= 0.3 is 58.0 Å². The predicted octanol–water partition coefficient (Wildman–Crippen LogP) is -8.29. The van der Waals surface area contributed by atoms with Gasteiger partial charge in [-0.2, -0.15) is 0 Å². The predicted molar refractivity (Wildman–Crippen MR) is 119 cm³/mol. The van der Waals surface area contributed by atoms with Crippen molar-refractivity contribution < 1.29 is 113 Å². The Balaban J connectivity index is -0.000000101. The average Bonchev–Trinajstić information content (AvgIpc) is 2.83. The smallest absolute Gasteiger partial charge is 0.548 e. The van der Waals surface area contributed by atoms with E-state index in [9.17, 15) is 58.8 Å². The molecule has 0 aromatic heterocycles. The van der Waals surface area contributed by atoms with Crippen molar-refractivity contribution in [1.82, 2.24) is 0 Å². The zero-order valence-electron chi connectivity index (χ0n) is 21.6. The van der Waals surface area contributed by atoms with E-state index >= 15 is 0 Å². The molecule has 0 spiro atoms. The molecular formula is C20H32Cu2N4O16. The molecule has 0 aromatic rings. The van der Waals surface area contributed by atoms with E-state index in [1.807, 2.05) is 0 Å². The molecule has 250 valence electrons. The molecule has 22 heteroatoms. The van der Waals surface area contributed by atoms with E-state index in [-0.39, 0.29) is 85.5 Å². The van der Waals surface area contributed by atoms with Gasteiger partial charge in [0.15, 0.2) is 0 Å². The zero-order chi connectivity index (χ0) is 32.6. The van der Waals surface area contributed by atoms with Gasteiger partial charge in [0.05, 0.1) is 23.9 Å². The molecule has 42 heavy (non-hydrogen) atoms. The first-order valence-electron chi connectivity index (χ1n) is 10.9. The summed E-state index contributed by atoms with van der Waals surface area (Å²) in [6.45, 7) is 0. The van der Waals surface area contributed by atoms with Gasteiger partial charge in [0.2, 0.25) is 0 Å². The van der Waals surface area contributed by atoms with Gasteiger partial charge in [0, 0.05) is 49.9 Å². The molecule has 0 saturated heterocycles. The normalized spacial score (nSPS) is 11.9. The van der Waals surface area contributed by atoms with E-state index in [4.69, 9.17) is 43.4 Å². The topological polar surface area (TPSA) is 414 Å². The molecule has 0 heterocycles. The molecule has 20 nitrogen and oxygen atoms in total. The first kappa shape index (κ1) is 51.4. The Kier molecular flexibility index (Phi) is 37.4. The molecule has 0 unspecified atom stereocenters. The van der Waals surface area contributed by atoms with Crippen LogP contribution in [0.5, 0.6) is 0 Å². The molecule has 0 aliphatic heterocycles. The molecule has 0 aliphatic carbocycles. The van der Waals surface area contributed by atoms with E-state index in [1.165, 1.54) is 0 Å². The fraction of sp³-hybridized carbons (Fsp3) is 0.600. The molecule has 0 saturated carbocycles. The van der Waals surface area contributed by atoms with Crippen molar-refractivity contribution in [3.05, 3.63) is 0 Å². The summed E-state index contributed by atoms with van der Waals surface area (Å²) in [6.07, 6.45) is -1.31. The minimum atomic E-state index is -1.42. The number of carboxylic acids is 8. The minimum absolute atomic E-state index is 0. The summed E-state index contributed by atoms with van der Waals surface area (Å²) >= 11 is 0. The second-order valence-corrected chi connectivity index (χ2v) is 7.43. The Morgan fingerprint density at radius 2 is 0.524 bits per heavy atom. The van der Waals surface area contributed by atoms with Gasteiger partial charge in [0.25, 0.3) is 0 Å². The van der Waals surface area contributed by atoms with Crippen LogP contribution >= 0.6 is 0 Å². The van der Waals surface area contributed by atoms with Crippen LogP contribution in [0, 0.1) is 0 Å². The number of carbonyl (C=O) groups is 8. The number of carboxylic acid groups (broad SMARTS) is 8. The SMILES string of the molecule is N[C@@H](CCC(=O)O)C(=O)[O-].N[C@@H](CCC(=O)O)C(=O)[O-].N[C@@H](CCC(=O)O)C(=O)[O-].N[C@@H](CCC(=O)O)C(=O)[O-].[Cu+2].[Cu+2]. The van der Waals surface area contributed by atoms with E-state index in [0.29, 0.717) is 0 Å². The minimum Gasteiger partial charge on any atom is -0.548 e. The van der Waals surface area contributed by atoms with Crippen LogP contribution in [0.2, 0.25) is 0 Å². The van der Waals surface area contributed by atoms with E-state index in [0.717, 1.165) is 0 Å². The van der Waals surface area contributed by atoms with Crippen LogP contribution in [0.25, 0.3) is 0 Å². The summed E-state index contributed by atoms with van der Waals surface area (Å²) in [5.74, 6) is -9.90. The Labute approximate surface area is 259 Å². The number of carbonyl (C=O) groups excluding carboxylic acids is 4. The molecule has 0 rings (SSSR count). The third-order valence-corrected chi connectivity index (χ3v) is 3.89. The third kappa shape index (κ3) is 43.7. The quantitative estimate of drug-likeness (QED) is 0.0689. The van der Waals surface area contributed by atoms with E-state index in [1.54, 1.807) is 0 Å². The Hall–Kier alpha value is -3.36. The molecule has 0 fully saturated rings. The zero-order valence-corrected chi connectivity index (χ0v) is 23.4. The van der Waals surface area contributed by atoms with Gasteiger partial charge < -0.3 is 83.0 Å². The van der Waals surface area contributed by atoms with E-state index in [2.05, 4.69) is 0 Å². The first-order chi connectivity index (χ1) is 18.1. The number of rotatable bonds is 16. The van der Waals surface area contributed by atoms with Gasteiger partial charge in [-0.1, -0.05) is 0 Å². The summed E-state index contributed by atoms with van der Waals surface area (Å²) in [6, 6.07) is -4.68. The maximum atomic E-state index is 9.88. The van der Waals surface area contributed by atoms with Crippen LogP contribution in [0.1, 0.15) is 51.4 Å². The van der Waals surface area contributed by atoms with E-state index < -0.39 is 71.9 Å². The maximum Gasteiger partial charge on any atom is 2.00 e. The largest absolute Gasteiger partial charge is 2.00 e. The van der Waals surface area contributed by atoms with Crippen molar-refractivity contribution in [1.29, 1.82) is 0 Å². The van der Waals surface area contributed by atoms with Crippen molar-refractivity contribution in [3.63, 3.8) is 0 Å². The van der Waals surface area contributed by atoms with Crippen LogP contribution in [0.4, 0.5) is 0 Å². The fourth-order valence-electron chi connectivity index (χ4n) is 1.59. The molecule has 2 radical (unpaired) electrons. The number of hydrogen-bond acceptors (Lipinski definition) is 16. The monoisotopic (exact) mass is 710 g/mol. The van der Waals surface area contributed by atoms with Gasteiger partial charge in [-0.25, -0.2) is 0 Å². The molecule has 0 amide bonds. The average molecular weight is 712 g/mol. The van der Waals surface area contributed by atoms with Gasteiger partial charge in [-0.05, 0) is 25.7 Å². The fourth-order valence-corrected chi connectivity index (χ4v) is 1.59. The maximum absolute atomic E-state index is 9.88. The first-order valence-corrected chi connectivity index (χ1v) is 10.9. The Morgan fingerprint density at radius 3 is 0.595 bits per heavy atom. The molecule has 0 aromatic carbocycles. The third-order valence-electron chi connectivity index (χ3n) is 3.89. The van der Waals surface area contributed by atoms with Crippen LogP contribution < -0.4 is 43.4 Å². The van der Waals surface area contributed by atoms with Crippen molar-refractivity contribution in [2.45, 2.75) is 75.5 Å². The standard InChI is InChI=1S/4C5H9NO4.2Cu/c4*6-3(5(9)10)1-2-4(7)8;;/h4*3H,1-2,6H2,(H,7,8)(H,9,10);;/q;;;;2*+2/p-4/t4*3-;;/m0000../s1. The molecule has 0 bridgehead atoms. The van der Waals surface area contributed by atoms with Gasteiger partial charge in [-0.3, -0.25) is 19.2 Å². The second kappa shape index (κ2) is 30.6. The summed E-state index contributed by atoms with van der Waals surface area (Å²) in [5.41, 5.74) is 19.8. The van der Waals surface area contributed by atoms with Crippen molar-refractivity contribution in [2.75, 3.05) is 0 Å². The van der Waals surface area contributed by atoms with Crippen LogP contribution in [-0.2, 0) is 72.5 Å². The molecule has 12 N–H and O–H groups in total. The van der Waals surface area contributed by atoms with Crippen LogP contribution in [0.3, 0.4) is 0 Å². The summed E-state index contributed by atoms with van der Waals surface area (Å²) in [5, 5.41) is 71.8. The molecule has 0 aliphatic rings. The van der Waals surface area contributed by atoms with Crippen molar-refractivity contribution in [2.24, 2.45) is 22.9 Å². The van der Waals surface area contributed by atoms with Crippen LogP contribution in [-0.4, -0.2) is 92.3 Å². The summed E-state index contributed by atoms with van der Waals surface area (Å²) in [4.78, 5) is 79.0. The number of nitrogens with two attached hydrogens (primary N) is 4. The van der Waals surface area contributed by atoms with Crippen molar-refractivity contribution >= 4 is 47.8 Å². The Bertz CT molecular complexity index is 726. The van der Waals surface area contributed by atoms with Crippen molar-refractivity contribution in [3.8, 4) is 0 Å². The summed E-state index contributed by atoms with van der Waals surface area (Å²) < 4.78 is 0. The number of hydrogen-bond donors (Lipinski definition) is 8. The second-order valence-electron chi connectivity index (χ2n) is 7.43. The molecular weight excluding hydrogens is 679 g/mol. The molecule has 4 atom stereocenters. The van der Waals surface area contributed by atoms with Crippen LogP contribution in [0.15, 0.2) is 0 Å². The Morgan fingerprint density at radius 1 is 0.405 bits per heavy atom.